The lowest BCUT2D eigenvalue weighted by Gasteiger charge is -2.17. The van der Waals surface area contributed by atoms with Gasteiger partial charge in [0.1, 0.15) is 11.6 Å². The van der Waals surface area contributed by atoms with E-state index in [0.29, 0.717) is 0 Å². The first kappa shape index (κ1) is 13.8. The van der Waals surface area contributed by atoms with Crippen molar-refractivity contribution < 1.29 is 22.3 Å². The van der Waals surface area contributed by atoms with Crippen LogP contribution in [0.5, 0.6) is 5.75 Å². The molecule has 0 aliphatic rings. The molecule has 96 valence electrons. The van der Waals surface area contributed by atoms with Crippen molar-refractivity contribution in [1.82, 2.24) is 0 Å². The second-order valence-corrected chi connectivity index (χ2v) is 3.62. The summed E-state index contributed by atoms with van der Waals surface area (Å²) in [6, 6.07) is 2.98. The van der Waals surface area contributed by atoms with Crippen LogP contribution in [0.3, 0.4) is 0 Å². The summed E-state index contributed by atoms with van der Waals surface area (Å²) in [6.07, 6.45) is -5.72. The molecule has 17 heavy (non-hydrogen) atoms. The second-order valence-electron chi connectivity index (χ2n) is 3.62. The van der Waals surface area contributed by atoms with Crippen LogP contribution in [0.15, 0.2) is 18.2 Å². The quantitative estimate of drug-likeness (QED) is 0.834. The van der Waals surface area contributed by atoms with Gasteiger partial charge >= 0.3 is 6.18 Å². The minimum atomic E-state index is -4.30. The van der Waals surface area contributed by atoms with Gasteiger partial charge in [-0.05, 0) is 18.6 Å². The van der Waals surface area contributed by atoms with Crippen molar-refractivity contribution in [3.63, 3.8) is 0 Å². The molecule has 0 aliphatic carbocycles. The van der Waals surface area contributed by atoms with E-state index in [1.54, 1.807) is 0 Å². The van der Waals surface area contributed by atoms with Gasteiger partial charge in [0.05, 0.1) is 7.11 Å². The van der Waals surface area contributed by atoms with Crippen molar-refractivity contribution in [1.29, 1.82) is 0 Å². The molecule has 0 heterocycles. The first-order valence-electron chi connectivity index (χ1n) is 5.00. The van der Waals surface area contributed by atoms with Crippen LogP contribution >= 0.6 is 0 Å². The third-order valence-electron chi connectivity index (χ3n) is 2.34. The van der Waals surface area contributed by atoms with Crippen LogP contribution in [0.2, 0.25) is 0 Å². The van der Waals surface area contributed by atoms with E-state index in [0.717, 1.165) is 6.07 Å². The summed E-state index contributed by atoms with van der Waals surface area (Å²) in [6.45, 7) is 0. The molecule has 0 saturated heterocycles. The largest absolute Gasteiger partial charge is 0.496 e. The van der Waals surface area contributed by atoms with Crippen LogP contribution < -0.4 is 10.5 Å². The Labute approximate surface area is 96.4 Å². The molecule has 1 aromatic rings. The van der Waals surface area contributed by atoms with Gasteiger partial charge in [0, 0.05) is 18.0 Å². The Morgan fingerprint density at radius 3 is 2.53 bits per heavy atom. The third kappa shape index (κ3) is 3.89. The summed E-state index contributed by atoms with van der Waals surface area (Å²) in [5, 5.41) is 0. The van der Waals surface area contributed by atoms with Crippen molar-refractivity contribution in [2.45, 2.75) is 25.1 Å². The number of benzene rings is 1. The molecule has 2 nitrogen and oxygen atoms in total. The Morgan fingerprint density at radius 1 is 1.35 bits per heavy atom. The van der Waals surface area contributed by atoms with Gasteiger partial charge in [-0.15, -0.1) is 0 Å². The predicted octanol–water partition coefficient (Wildman–Crippen LogP) is 3.18. The first-order chi connectivity index (χ1) is 7.85. The maximum absolute atomic E-state index is 13.5. The van der Waals surface area contributed by atoms with Crippen LogP contribution in [0.4, 0.5) is 17.6 Å². The smallest absolute Gasteiger partial charge is 0.389 e. The van der Waals surface area contributed by atoms with Crippen molar-refractivity contribution in [3.05, 3.63) is 29.6 Å². The average Bonchev–Trinajstić information content (AvgIpc) is 2.24. The lowest BCUT2D eigenvalue weighted by atomic mass is 10.0. The van der Waals surface area contributed by atoms with E-state index in [1.807, 2.05) is 0 Å². The first-order valence-corrected chi connectivity index (χ1v) is 5.00. The molecule has 1 aromatic carbocycles. The van der Waals surface area contributed by atoms with E-state index < -0.39 is 24.5 Å². The van der Waals surface area contributed by atoms with E-state index in [-0.39, 0.29) is 17.7 Å². The molecular weight excluding hydrogens is 238 g/mol. The fourth-order valence-electron chi connectivity index (χ4n) is 1.52. The summed E-state index contributed by atoms with van der Waals surface area (Å²) in [7, 11) is 1.31. The molecule has 1 rings (SSSR count). The molecule has 0 saturated carbocycles. The number of halogens is 4. The molecule has 0 radical (unpaired) electrons. The number of hydrogen-bond acceptors (Lipinski definition) is 2. The van der Waals surface area contributed by atoms with Gasteiger partial charge in [0.25, 0.3) is 0 Å². The second kappa shape index (κ2) is 5.35. The van der Waals surface area contributed by atoms with Gasteiger partial charge in [0.15, 0.2) is 0 Å². The van der Waals surface area contributed by atoms with Gasteiger partial charge in [-0.25, -0.2) is 4.39 Å². The highest BCUT2D eigenvalue weighted by Crippen LogP contribution is 2.32. The Balaban J connectivity index is 2.84. The molecular formula is C11H13F4NO. The van der Waals surface area contributed by atoms with E-state index in [2.05, 4.69) is 0 Å². The zero-order valence-electron chi connectivity index (χ0n) is 9.22. The van der Waals surface area contributed by atoms with Crippen LogP contribution in [-0.2, 0) is 0 Å². The topological polar surface area (TPSA) is 35.2 Å². The van der Waals surface area contributed by atoms with E-state index in [1.165, 1.54) is 19.2 Å². The van der Waals surface area contributed by atoms with E-state index in [9.17, 15) is 17.6 Å². The fraction of sp³-hybridized carbons (Fsp3) is 0.455. The lowest BCUT2D eigenvalue weighted by molar-refractivity contribution is -0.136. The zero-order valence-corrected chi connectivity index (χ0v) is 9.22. The standard InChI is InChI=1S/C11H13F4NO/c1-17-9-4-2-3-7(12)10(9)8(16)5-6-11(13,14)15/h2-4,8H,5-6,16H2,1H3. The Kier molecular flexibility index (Phi) is 4.34. The number of nitrogens with two attached hydrogens (primary N) is 1. The van der Waals surface area contributed by atoms with E-state index in [4.69, 9.17) is 10.5 Å². The highest BCUT2D eigenvalue weighted by molar-refractivity contribution is 5.36. The minimum Gasteiger partial charge on any atom is -0.496 e. The van der Waals surface area contributed by atoms with Crippen molar-refractivity contribution >= 4 is 0 Å². The van der Waals surface area contributed by atoms with Crippen molar-refractivity contribution in [3.8, 4) is 5.75 Å². The minimum absolute atomic E-state index is 0.0146. The molecule has 0 spiro atoms. The molecule has 0 bridgehead atoms. The fourth-order valence-corrected chi connectivity index (χ4v) is 1.52. The third-order valence-corrected chi connectivity index (χ3v) is 2.34. The Hall–Kier alpha value is -1.30. The number of alkyl halides is 3. The van der Waals surface area contributed by atoms with Gasteiger partial charge in [-0.2, -0.15) is 13.2 Å². The molecule has 6 heteroatoms. The van der Waals surface area contributed by atoms with Crippen molar-refractivity contribution in [2.24, 2.45) is 5.73 Å². The van der Waals surface area contributed by atoms with Crippen LogP contribution in [0.1, 0.15) is 24.4 Å². The summed E-state index contributed by atoms with van der Waals surface area (Å²) < 4.78 is 54.4. The molecule has 1 unspecified atom stereocenters. The molecule has 0 fully saturated rings. The van der Waals surface area contributed by atoms with Gasteiger partial charge < -0.3 is 10.5 Å². The molecule has 0 aliphatic heterocycles. The maximum Gasteiger partial charge on any atom is 0.389 e. The number of methoxy groups -OCH3 is 1. The van der Waals surface area contributed by atoms with Gasteiger partial charge in [0.2, 0.25) is 0 Å². The lowest BCUT2D eigenvalue weighted by Crippen LogP contribution is -2.17. The molecule has 0 amide bonds. The summed E-state index contributed by atoms with van der Waals surface area (Å²) in [4.78, 5) is 0. The molecule has 2 N–H and O–H groups in total. The van der Waals surface area contributed by atoms with Crippen LogP contribution in [0.25, 0.3) is 0 Å². The molecule has 0 aromatic heterocycles. The van der Waals surface area contributed by atoms with Gasteiger partial charge in [-0.1, -0.05) is 6.07 Å². The summed E-state index contributed by atoms with van der Waals surface area (Å²) in [5.41, 5.74) is 5.54. The van der Waals surface area contributed by atoms with E-state index >= 15 is 0 Å². The highest BCUT2D eigenvalue weighted by atomic mass is 19.4. The number of hydrogen-bond donors (Lipinski definition) is 1. The zero-order chi connectivity index (χ0) is 13.1. The van der Waals surface area contributed by atoms with Crippen molar-refractivity contribution in [2.75, 3.05) is 7.11 Å². The monoisotopic (exact) mass is 251 g/mol. The SMILES string of the molecule is COc1cccc(F)c1C(N)CCC(F)(F)F. The van der Waals surface area contributed by atoms with Gasteiger partial charge in [-0.3, -0.25) is 0 Å². The van der Waals surface area contributed by atoms with Crippen LogP contribution in [-0.4, -0.2) is 13.3 Å². The predicted molar refractivity (Wildman–Crippen MR) is 55.2 cm³/mol. The number of rotatable bonds is 4. The Morgan fingerprint density at radius 2 is 2.00 bits per heavy atom. The maximum atomic E-state index is 13.5. The summed E-state index contributed by atoms with van der Waals surface area (Å²) in [5.74, 6) is -0.487. The molecule has 1 atom stereocenters. The normalized spacial score (nSPS) is 13.5. The number of ether oxygens (including phenoxy) is 1. The van der Waals surface area contributed by atoms with Crippen LogP contribution in [0, 0.1) is 5.82 Å². The Bertz CT molecular complexity index is 378. The summed E-state index contributed by atoms with van der Waals surface area (Å²) >= 11 is 0. The highest BCUT2D eigenvalue weighted by Gasteiger charge is 2.29. The average molecular weight is 251 g/mol.